The molecule has 1 heterocycles. The second kappa shape index (κ2) is 4.57. The monoisotopic (exact) mass is 227 g/mol. The molecule has 1 aliphatic rings. The highest BCUT2D eigenvalue weighted by molar-refractivity contribution is 5.94. The van der Waals surface area contributed by atoms with Gasteiger partial charge in [0.15, 0.2) is 11.6 Å². The summed E-state index contributed by atoms with van der Waals surface area (Å²) in [7, 11) is 0. The van der Waals surface area contributed by atoms with Crippen LogP contribution >= 0.6 is 0 Å². The van der Waals surface area contributed by atoms with Gasteiger partial charge in [-0.1, -0.05) is 6.07 Å². The number of amides is 1. The van der Waals surface area contributed by atoms with Crippen molar-refractivity contribution in [2.45, 2.75) is 0 Å². The van der Waals surface area contributed by atoms with E-state index in [-0.39, 0.29) is 5.56 Å². The molecule has 3 nitrogen and oxygen atoms in total. The van der Waals surface area contributed by atoms with E-state index >= 15 is 0 Å². The third-order valence-corrected chi connectivity index (χ3v) is 2.48. The van der Waals surface area contributed by atoms with Crippen molar-refractivity contribution in [3.05, 3.63) is 35.4 Å². The fourth-order valence-electron chi connectivity index (χ4n) is 1.61. The largest absolute Gasteiger partial charge is 0.378 e. The zero-order valence-corrected chi connectivity index (χ0v) is 8.58. The number of ether oxygens (including phenoxy) is 1. The Morgan fingerprint density at radius 2 is 1.94 bits per heavy atom. The smallest absolute Gasteiger partial charge is 0.257 e. The van der Waals surface area contributed by atoms with E-state index in [1.165, 1.54) is 17.0 Å². The van der Waals surface area contributed by atoms with Gasteiger partial charge in [-0.15, -0.1) is 0 Å². The van der Waals surface area contributed by atoms with E-state index in [1.807, 2.05) is 0 Å². The van der Waals surface area contributed by atoms with Gasteiger partial charge in [0, 0.05) is 13.1 Å². The highest BCUT2D eigenvalue weighted by Crippen LogP contribution is 2.14. The first-order chi connectivity index (χ1) is 7.70. The molecule has 1 amide bonds. The van der Waals surface area contributed by atoms with E-state index in [0.29, 0.717) is 26.3 Å². The molecule has 1 fully saturated rings. The summed E-state index contributed by atoms with van der Waals surface area (Å²) in [5.74, 6) is -2.57. The van der Waals surface area contributed by atoms with Crippen molar-refractivity contribution in [1.82, 2.24) is 4.90 Å². The molecule has 0 atom stereocenters. The molecule has 0 aromatic heterocycles. The molecule has 16 heavy (non-hydrogen) atoms. The highest BCUT2D eigenvalue weighted by Gasteiger charge is 2.22. The maximum atomic E-state index is 13.4. The Morgan fingerprint density at radius 1 is 1.25 bits per heavy atom. The molecule has 0 spiro atoms. The molecule has 5 heteroatoms. The molecule has 0 N–H and O–H groups in total. The predicted octanol–water partition coefficient (Wildman–Crippen LogP) is 1.44. The van der Waals surface area contributed by atoms with E-state index < -0.39 is 17.5 Å². The molecule has 0 saturated carbocycles. The standard InChI is InChI=1S/C11H11F2NO2/c12-9-3-1-2-8(10(9)13)11(15)14-4-6-16-7-5-14/h1-3H,4-7H2. The van der Waals surface area contributed by atoms with Crippen LogP contribution in [0.3, 0.4) is 0 Å². The Kier molecular flexibility index (Phi) is 3.14. The number of hydrogen-bond donors (Lipinski definition) is 0. The molecule has 0 unspecified atom stereocenters. The maximum absolute atomic E-state index is 13.4. The van der Waals surface area contributed by atoms with Gasteiger partial charge < -0.3 is 9.64 Å². The highest BCUT2D eigenvalue weighted by atomic mass is 19.2. The van der Waals surface area contributed by atoms with E-state index in [0.717, 1.165) is 6.07 Å². The number of rotatable bonds is 1. The molecule has 1 aromatic rings. The number of nitrogens with zero attached hydrogens (tertiary/aromatic N) is 1. The van der Waals surface area contributed by atoms with Crippen LogP contribution in [0.5, 0.6) is 0 Å². The lowest BCUT2D eigenvalue weighted by atomic mass is 10.1. The SMILES string of the molecule is O=C(c1cccc(F)c1F)N1CCOCC1. The number of hydrogen-bond acceptors (Lipinski definition) is 2. The molecule has 0 radical (unpaired) electrons. The second-order valence-electron chi connectivity index (χ2n) is 3.51. The predicted molar refractivity (Wildman–Crippen MR) is 53.1 cm³/mol. The minimum Gasteiger partial charge on any atom is -0.378 e. The van der Waals surface area contributed by atoms with Crippen LogP contribution in [-0.2, 0) is 4.74 Å². The lowest BCUT2D eigenvalue weighted by Crippen LogP contribution is -2.41. The third kappa shape index (κ3) is 2.04. The molecular formula is C11H11F2NO2. The minimum atomic E-state index is -1.08. The lowest BCUT2D eigenvalue weighted by Gasteiger charge is -2.26. The first-order valence-electron chi connectivity index (χ1n) is 5.01. The molecule has 86 valence electrons. The zero-order valence-electron chi connectivity index (χ0n) is 8.58. The molecule has 1 aliphatic heterocycles. The molecule has 0 bridgehead atoms. The van der Waals surface area contributed by atoms with Crippen LogP contribution in [0.4, 0.5) is 8.78 Å². The summed E-state index contributed by atoms with van der Waals surface area (Å²) in [4.78, 5) is 13.3. The van der Waals surface area contributed by atoms with Gasteiger partial charge in [0.25, 0.3) is 5.91 Å². The summed E-state index contributed by atoms with van der Waals surface area (Å²) >= 11 is 0. The Hall–Kier alpha value is -1.49. The van der Waals surface area contributed by atoms with Crippen LogP contribution in [0.1, 0.15) is 10.4 Å². The van der Waals surface area contributed by atoms with Gasteiger partial charge in [-0.3, -0.25) is 4.79 Å². The van der Waals surface area contributed by atoms with Gasteiger partial charge in [0.05, 0.1) is 18.8 Å². The van der Waals surface area contributed by atoms with Gasteiger partial charge in [-0.25, -0.2) is 8.78 Å². The van der Waals surface area contributed by atoms with Crippen LogP contribution in [0.2, 0.25) is 0 Å². The number of carbonyl (C=O) groups is 1. The Bertz CT molecular complexity index is 403. The summed E-state index contributed by atoms with van der Waals surface area (Å²) in [6, 6.07) is 3.60. The summed E-state index contributed by atoms with van der Waals surface area (Å²) < 4.78 is 31.4. The van der Waals surface area contributed by atoms with Crippen molar-refractivity contribution in [3.63, 3.8) is 0 Å². The third-order valence-electron chi connectivity index (χ3n) is 2.48. The zero-order chi connectivity index (χ0) is 11.5. The number of benzene rings is 1. The maximum Gasteiger partial charge on any atom is 0.257 e. The van der Waals surface area contributed by atoms with Crippen molar-refractivity contribution in [2.75, 3.05) is 26.3 Å². The molecular weight excluding hydrogens is 216 g/mol. The van der Waals surface area contributed by atoms with E-state index in [2.05, 4.69) is 0 Å². The Labute approximate surface area is 91.6 Å². The Balaban J connectivity index is 2.22. The summed E-state index contributed by atoms with van der Waals surface area (Å²) in [6.45, 7) is 1.69. The van der Waals surface area contributed by atoms with E-state index in [1.54, 1.807) is 0 Å². The normalized spacial score (nSPS) is 16.2. The van der Waals surface area contributed by atoms with Crippen molar-refractivity contribution in [1.29, 1.82) is 0 Å². The first-order valence-corrected chi connectivity index (χ1v) is 5.01. The van der Waals surface area contributed by atoms with Crippen LogP contribution in [0.25, 0.3) is 0 Å². The van der Waals surface area contributed by atoms with Gasteiger partial charge in [0.1, 0.15) is 0 Å². The van der Waals surface area contributed by atoms with Crippen molar-refractivity contribution < 1.29 is 18.3 Å². The summed E-state index contributed by atoms with van der Waals surface area (Å²) in [6.07, 6.45) is 0. The molecule has 2 rings (SSSR count). The van der Waals surface area contributed by atoms with Crippen molar-refractivity contribution >= 4 is 5.91 Å². The fourth-order valence-corrected chi connectivity index (χ4v) is 1.61. The van der Waals surface area contributed by atoms with Crippen molar-refractivity contribution in [2.24, 2.45) is 0 Å². The molecule has 1 saturated heterocycles. The van der Waals surface area contributed by atoms with Gasteiger partial charge in [-0.05, 0) is 12.1 Å². The van der Waals surface area contributed by atoms with E-state index in [4.69, 9.17) is 4.74 Å². The van der Waals surface area contributed by atoms with Crippen LogP contribution in [-0.4, -0.2) is 37.1 Å². The summed E-state index contributed by atoms with van der Waals surface area (Å²) in [5, 5.41) is 0. The van der Waals surface area contributed by atoms with E-state index in [9.17, 15) is 13.6 Å². The fraction of sp³-hybridized carbons (Fsp3) is 0.364. The topological polar surface area (TPSA) is 29.5 Å². The Morgan fingerprint density at radius 3 is 2.62 bits per heavy atom. The quantitative estimate of drug-likeness (QED) is 0.726. The number of morpholine rings is 1. The second-order valence-corrected chi connectivity index (χ2v) is 3.51. The number of halogens is 2. The van der Waals surface area contributed by atoms with Crippen molar-refractivity contribution in [3.8, 4) is 0 Å². The minimum absolute atomic E-state index is 0.220. The van der Waals surface area contributed by atoms with Gasteiger partial charge >= 0.3 is 0 Å². The lowest BCUT2D eigenvalue weighted by molar-refractivity contribution is 0.0299. The van der Waals surface area contributed by atoms with Crippen LogP contribution in [0, 0.1) is 11.6 Å². The molecule has 0 aliphatic carbocycles. The summed E-state index contributed by atoms with van der Waals surface area (Å²) in [5.41, 5.74) is -0.220. The van der Waals surface area contributed by atoms with Crippen LogP contribution in [0.15, 0.2) is 18.2 Å². The average Bonchev–Trinajstić information content (AvgIpc) is 2.33. The number of carbonyl (C=O) groups excluding carboxylic acids is 1. The van der Waals surface area contributed by atoms with Crippen LogP contribution < -0.4 is 0 Å². The average molecular weight is 227 g/mol. The van der Waals surface area contributed by atoms with Gasteiger partial charge in [-0.2, -0.15) is 0 Å². The molecule has 1 aromatic carbocycles. The van der Waals surface area contributed by atoms with Gasteiger partial charge in [0.2, 0.25) is 0 Å². The first kappa shape index (κ1) is 11.0.